The second-order valence-electron chi connectivity index (χ2n) is 8.03. The number of rotatable bonds is 3. The number of para-hydroxylation sites is 1. The van der Waals surface area contributed by atoms with E-state index in [1.54, 1.807) is 16.7 Å². The first-order valence-corrected chi connectivity index (χ1v) is 10.2. The van der Waals surface area contributed by atoms with Crippen molar-refractivity contribution in [2.45, 2.75) is 38.1 Å². The number of carbonyl (C=O) groups excluding carboxylic acids is 3. The Balaban J connectivity index is 1.57. The van der Waals surface area contributed by atoms with Crippen LogP contribution in [0.3, 0.4) is 0 Å². The lowest BCUT2D eigenvalue weighted by atomic mass is 9.85. The molecule has 4 rings (SSSR count). The van der Waals surface area contributed by atoms with E-state index in [0.717, 1.165) is 31.6 Å². The van der Waals surface area contributed by atoms with E-state index in [1.165, 1.54) is 0 Å². The maximum atomic E-state index is 13.5. The summed E-state index contributed by atoms with van der Waals surface area (Å²) in [6.07, 6.45) is 3.27. The minimum atomic E-state index is -0.668. The average molecular weight is 384 g/mol. The van der Waals surface area contributed by atoms with E-state index in [4.69, 9.17) is 0 Å². The number of hydrogen-bond acceptors (Lipinski definition) is 4. The molecule has 7 heteroatoms. The second-order valence-corrected chi connectivity index (χ2v) is 8.03. The van der Waals surface area contributed by atoms with Crippen molar-refractivity contribution in [1.82, 2.24) is 14.7 Å². The van der Waals surface area contributed by atoms with E-state index in [9.17, 15) is 14.4 Å². The number of hydrogen-bond donors (Lipinski definition) is 0. The average Bonchev–Trinajstić information content (AvgIpc) is 3.33. The van der Waals surface area contributed by atoms with E-state index in [-0.39, 0.29) is 24.3 Å². The van der Waals surface area contributed by atoms with Gasteiger partial charge in [0.1, 0.15) is 12.1 Å². The Hall–Kier alpha value is -2.57. The summed E-state index contributed by atoms with van der Waals surface area (Å²) in [5.41, 5.74) is 0.321. The molecular weight excluding hydrogens is 356 g/mol. The van der Waals surface area contributed by atoms with Crippen LogP contribution in [0.15, 0.2) is 30.3 Å². The third kappa shape index (κ3) is 3.23. The number of amides is 3. The number of nitrogens with zero attached hydrogens (tertiary/aromatic N) is 4. The molecule has 3 amide bonds. The molecule has 0 radical (unpaired) electrons. The number of likely N-dealkylation sites (tertiary alicyclic amines) is 2. The zero-order valence-electron chi connectivity index (χ0n) is 16.5. The van der Waals surface area contributed by atoms with Crippen LogP contribution in [0.2, 0.25) is 0 Å². The molecule has 0 aromatic heterocycles. The van der Waals surface area contributed by atoms with Crippen molar-refractivity contribution < 1.29 is 14.4 Å². The van der Waals surface area contributed by atoms with Gasteiger partial charge in [0.15, 0.2) is 0 Å². The smallest absolute Gasteiger partial charge is 0.250 e. The first kappa shape index (κ1) is 18.8. The van der Waals surface area contributed by atoms with Gasteiger partial charge in [0.05, 0.1) is 6.67 Å². The zero-order valence-corrected chi connectivity index (χ0v) is 16.5. The minimum Gasteiger partial charge on any atom is -0.343 e. The molecule has 3 fully saturated rings. The normalized spacial score (nSPS) is 21.7. The highest BCUT2D eigenvalue weighted by molar-refractivity contribution is 5.96. The van der Waals surface area contributed by atoms with Crippen LogP contribution in [0.1, 0.15) is 32.6 Å². The topological polar surface area (TPSA) is 64.2 Å². The van der Waals surface area contributed by atoms with Gasteiger partial charge in [-0.15, -0.1) is 0 Å². The first-order valence-electron chi connectivity index (χ1n) is 10.2. The maximum Gasteiger partial charge on any atom is 0.250 e. The standard InChI is InChI=1S/C21H28N4O3/c1-17(26)22-13-9-21(10-14-22)20(28)24(15-19(27)23-11-5-6-12-23)16-25(21)18-7-3-2-4-8-18/h2-4,7-8H,5-6,9-16H2,1H3. The summed E-state index contributed by atoms with van der Waals surface area (Å²) in [7, 11) is 0. The van der Waals surface area contributed by atoms with Gasteiger partial charge in [-0.05, 0) is 37.8 Å². The molecule has 0 N–H and O–H groups in total. The number of anilines is 1. The van der Waals surface area contributed by atoms with Crippen molar-refractivity contribution >= 4 is 23.4 Å². The van der Waals surface area contributed by atoms with Gasteiger partial charge < -0.3 is 19.6 Å². The Kier molecular flexibility index (Phi) is 5.00. The third-order valence-electron chi connectivity index (χ3n) is 6.40. The molecule has 1 spiro atoms. The summed E-state index contributed by atoms with van der Waals surface area (Å²) in [5, 5.41) is 0. The quantitative estimate of drug-likeness (QED) is 0.788. The third-order valence-corrected chi connectivity index (χ3v) is 6.40. The predicted molar refractivity (Wildman–Crippen MR) is 106 cm³/mol. The predicted octanol–water partition coefficient (Wildman–Crippen LogP) is 1.30. The summed E-state index contributed by atoms with van der Waals surface area (Å²) < 4.78 is 0. The van der Waals surface area contributed by atoms with Gasteiger partial charge in [-0.2, -0.15) is 0 Å². The van der Waals surface area contributed by atoms with Gasteiger partial charge in [-0.3, -0.25) is 14.4 Å². The summed E-state index contributed by atoms with van der Waals surface area (Å²) >= 11 is 0. The molecule has 1 aromatic carbocycles. The fourth-order valence-electron chi connectivity index (χ4n) is 4.74. The Morgan fingerprint density at radius 1 is 0.964 bits per heavy atom. The highest BCUT2D eigenvalue weighted by Crippen LogP contribution is 2.39. The van der Waals surface area contributed by atoms with Crippen LogP contribution in [0.25, 0.3) is 0 Å². The summed E-state index contributed by atoms with van der Waals surface area (Å²) in [4.78, 5) is 45.4. The Morgan fingerprint density at radius 2 is 1.61 bits per heavy atom. The molecule has 0 bridgehead atoms. The molecule has 3 aliphatic rings. The number of benzene rings is 1. The largest absolute Gasteiger partial charge is 0.343 e. The van der Waals surface area contributed by atoms with E-state index >= 15 is 0 Å². The van der Waals surface area contributed by atoms with E-state index < -0.39 is 5.54 Å². The van der Waals surface area contributed by atoms with Crippen molar-refractivity contribution in [3.63, 3.8) is 0 Å². The fourth-order valence-corrected chi connectivity index (χ4v) is 4.74. The highest BCUT2D eigenvalue weighted by atomic mass is 16.2. The van der Waals surface area contributed by atoms with Gasteiger partial charge in [-0.25, -0.2) is 0 Å². The molecule has 28 heavy (non-hydrogen) atoms. The van der Waals surface area contributed by atoms with Crippen LogP contribution in [-0.4, -0.2) is 77.4 Å². The van der Waals surface area contributed by atoms with Crippen molar-refractivity contribution in [1.29, 1.82) is 0 Å². The number of piperidine rings is 1. The van der Waals surface area contributed by atoms with E-state index in [0.29, 0.717) is 32.6 Å². The van der Waals surface area contributed by atoms with Crippen LogP contribution in [0.4, 0.5) is 5.69 Å². The van der Waals surface area contributed by atoms with Crippen molar-refractivity contribution in [2.24, 2.45) is 0 Å². The Morgan fingerprint density at radius 3 is 2.21 bits per heavy atom. The lowest BCUT2D eigenvalue weighted by Crippen LogP contribution is -2.57. The molecule has 0 saturated carbocycles. The molecule has 7 nitrogen and oxygen atoms in total. The Bertz CT molecular complexity index is 752. The van der Waals surface area contributed by atoms with Crippen molar-refractivity contribution in [3.8, 4) is 0 Å². The van der Waals surface area contributed by atoms with Gasteiger partial charge in [0, 0.05) is 38.8 Å². The van der Waals surface area contributed by atoms with Gasteiger partial charge in [0.25, 0.3) is 5.91 Å². The van der Waals surface area contributed by atoms with Crippen LogP contribution in [0.5, 0.6) is 0 Å². The highest BCUT2D eigenvalue weighted by Gasteiger charge is 2.54. The monoisotopic (exact) mass is 384 g/mol. The number of carbonyl (C=O) groups is 3. The first-order chi connectivity index (χ1) is 13.5. The summed E-state index contributed by atoms with van der Waals surface area (Å²) in [5.74, 6) is 0.108. The van der Waals surface area contributed by atoms with Crippen LogP contribution in [-0.2, 0) is 14.4 Å². The molecule has 0 unspecified atom stereocenters. The lowest BCUT2D eigenvalue weighted by Gasteiger charge is -2.43. The zero-order chi connectivity index (χ0) is 19.7. The SMILES string of the molecule is CC(=O)N1CCC2(CC1)C(=O)N(CC(=O)N1CCCC1)CN2c1ccccc1. The molecule has 3 saturated heterocycles. The Labute approximate surface area is 165 Å². The van der Waals surface area contributed by atoms with Gasteiger partial charge >= 0.3 is 0 Å². The van der Waals surface area contributed by atoms with Crippen LogP contribution >= 0.6 is 0 Å². The molecular formula is C21H28N4O3. The van der Waals surface area contributed by atoms with Crippen LogP contribution < -0.4 is 4.90 Å². The molecule has 3 heterocycles. The summed E-state index contributed by atoms with van der Waals surface area (Å²) in [6.45, 7) is 4.86. The maximum absolute atomic E-state index is 13.5. The second kappa shape index (κ2) is 7.45. The van der Waals surface area contributed by atoms with Crippen molar-refractivity contribution in [3.05, 3.63) is 30.3 Å². The molecule has 0 aliphatic carbocycles. The summed E-state index contributed by atoms with van der Waals surface area (Å²) in [6, 6.07) is 9.92. The molecule has 150 valence electrons. The fraction of sp³-hybridized carbons (Fsp3) is 0.571. The van der Waals surface area contributed by atoms with E-state index in [1.807, 2.05) is 35.2 Å². The lowest BCUT2D eigenvalue weighted by molar-refractivity contribution is -0.141. The van der Waals surface area contributed by atoms with Crippen LogP contribution in [0, 0.1) is 0 Å². The minimum absolute atomic E-state index is 0.0205. The van der Waals surface area contributed by atoms with Gasteiger partial charge in [0.2, 0.25) is 11.8 Å². The molecule has 1 aromatic rings. The molecule has 3 aliphatic heterocycles. The molecule has 0 atom stereocenters. The van der Waals surface area contributed by atoms with E-state index in [2.05, 4.69) is 4.90 Å². The van der Waals surface area contributed by atoms with Crippen molar-refractivity contribution in [2.75, 3.05) is 44.3 Å². The van der Waals surface area contributed by atoms with Gasteiger partial charge in [-0.1, -0.05) is 18.2 Å².